The van der Waals surface area contributed by atoms with Crippen LogP contribution in [0.2, 0.25) is 13.3 Å². The number of unbranched alkanes of at least 4 members (excludes halogenated alkanes) is 3. The molecule has 3 rings (SSSR count). The summed E-state index contributed by atoms with van der Waals surface area (Å²) >= 11 is -0.313. The van der Waals surface area contributed by atoms with Crippen molar-refractivity contribution in [3.05, 3.63) is 42.5 Å². The predicted molar refractivity (Wildman–Crippen MR) is 124 cm³/mol. The molecule has 140 valence electrons. The first kappa shape index (κ1) is 20.2. The summed E-state index contributed by atoms with van der Waals surface area (Å²) in [5, 5.41) is 2.99. The second-order valence-electron chi connectivity index (χ2n) is 7.87. The molecule has 0 aliphatic carbocycles. The van der Waals surface area contributed by atoms with Crippen molar-refractivity contribution in [2.45, 2.75) is 72.6 Å². The monoisotopic (exact) mass is 474 g/mol. The van der Waals surface area contributed by atoms with Gasteiger partial charge in [-0.1, -0.05) is 0 Å². The van der Waals surface area contributed by atoms with Crippen molar-refractivity contribution in [1.82, 2.24) is 0 Å². The Hall–Kier alpha value is -0.541. The first-order valence-electron chi connectivity index (χ1n) is 10.7. The summed E-state index contributed by atoms with van der Waals surface area (Å²) in [5.41, 5.74) is 0. The van der Waals surface area contributed by atoms with Crippen LogP contribution < -0.4 is 3.58 Å². The second kappa shape index (κ2) is 9.59. The van der Waals surface area contributed by atoms with E-state index in [-0.39, 0.29) is 0 Å². The maximum absolute atomic E-state index is 2.55. The van der Waals surface area contributed by atoms with Gasteiger partial charge < -0.3 is 0 Å². The van der Waals surface area contributed by atoms with Gasteiger partial charge >= 0.3 is 169 Å². The van der Waals surface area contributed by atoms with E-state index in [1.54, 1.807) is 18.0 Å². The van der Waals surface area contributed by atoms with Crippen LogP contribution in [0.4, 0.5) is 0 Å². The molecule has 0 nitrogen and oxygen atoms in total. The van der Waals surface area contributed by atoms with Gasteiger partial charge in [-0.15, -0.1) is 0 Å². The average Bonchev–Trinajstić information content (AvgIpc) is 3.06. The maximum atomic E-state index is 2.55. The molecule has 0 saturated heterocycles. The van der Waals surface area contributed by atoms with E-state index in [0.29, 0.717) is 0 Å². The summed E-state index contributed by atoms with van der Waals surface area (Å²) in [5.74, 6) is 0. The van der Waals surface area contributed by atoms with Crippen LogP contribution >= 0.6 is 11.3 Å². The molecular formula is C24H34SSn. The van der Waals surface area contributed by atoms with Crippen LogP contribution in [0.1, 0.15) is 59.3 Å². The van der Waals surface area contributed by atoms with Gasteiger partial charge in [-0.3, -0.25) is 0 Å². The summed E-state index contributed by atoms with van der Waals surface area (Å²) in [7, 11) is 0. The first-order chi connectivity index (χ1) is 12.8. The number of rotatable bonds is 10. The number of benzene rings is 2. The third kappa shape index (κ3) is 4.14. The number of hydrogen-bond acceptors (Lipinski definition) is 1. The molecule has 3 aromatic rings. The molecule has 0 radical (unpaired) electrons. The van der Waals surface area contributed by atoms with Gasteiger partial charge in [-0.25, -0.2) is 0 Å². The number of hydrogen-bond donors (Lipinski definition) is 0. The quantitative estimate of drug-likeness (QED) is 0.261. The molecule has 0 unspecified atom stereocenters. The van der Waals surface area contributed by atoms with Gasteiger partial charge in [-0.2, -0.15) is 0 Å². The van der Waals surface area contributed by atoms with Gasteiger partial charge in [0.1, 0.15) is 0 Å². The molecule has 0 aliphatic heterocycles. The molecule has 1 aromatic heterocycles. The van der Waals surface area contributed by atoms with Gasteiger partial charge in [0.15, 0.2) is 0 Å². The second-order valence-corrected chi connectivity index (χ2v) is 22.1. The van der Waals surface area contributed by atoms with Crippen molar-refractivity contribution in [2.75, 3.05) is 0 Å². The van der Waals surface area contributed by atoms with Crippen LogP contribution in [0.3, 0.4) is 0 Å². The molecule has 0 spiro atoms. The zero-order valence-corrected chi connectivity index (χ0v) is 20.5. The Kier molecular flexibility index (Phi) is 7.45. The molecular weight excluding hydrogens is 439 g/mol. The molecule has 0 bridgehead atoms. The molecule has 0 N–H and O–H groups in total. The molecule has 0 aliphatic rings. The Labute approximate surface area is 167 Å². The van der Waals surface area contributed by atoms with Crippen molar-refractivity contribution in [1.29, 1.82) is 0 Å². The van der Waals surface area contributed by atoms with E-state index in [9.17, 15) is 0 Å². The van der Waals surface area contributed by atoms with Crippen LogP contribution in [0.15, 0.2) is 42.5 Å². The van der Waals surface area contributed by atoms with Crippen LogP contribution in [0.25, 0.3) is 20.2 Å². The van der Waals surface area contributed by atoms with E-state index in [2.05, 4.69) is 74.6 Å². The average molecular weight is 473 g/mol. The third-order valence-corrected chi connectivity index (χ3v) is 23.4. The Morgan fingerprint density at radius 1 is 0.692 bits per heavy atom. The number of thiophene rings is 1. The van der Waals surface area contributed by atoms with E-state index >= 15 is 0 Å². The van der Waals surface area contributed by atoms with Gasteiger partial charge in [-0.05, 0) is 0 Å². The van der Waals surface area contributed by atoms with E-state index in [0.717, 1.165) is 0 Å². The summed E-state index contributed by atoms with van der Waals surface area (Å²) in [6.45, 7) is 7.11. The van der Waals surface area contributed by atoms with Gasteiger partial charge in [0.2, 0.25) is 0 Å². The molecule has 2 heteroatoms. The minimum atomic E-state index is -2.38. The van der Waals surface area contributed by atoms with Gasteiger partial charge in [0, 0.05) is 0 Å². The van der Waals surface area contributed by atoms with Gasteiger partial charge in [0.05, 0.1) is 0 Å². The van der Waals surface area contributed by atoms with Crippen LogP contribution in [-0.4, -0.2) is 18.4 Å². The Balaban J connectivity index is 2.17. The van der Waals surface area contributed by atoms with Crippen molar-refractivity contribution in [2.24, 2.45) is 0 Å². The summed E-state index contributed by atoms with van der Waals surface area (Å²) in [6, 6.07) is 16.3. The zero-order valence-electron chi connectivity index (χ0n) is 16.8. The van der Waals surface area contributed by atoms with E-state index < -0.39 is 18.4 Å². The van der Waals surface area contributed by atoms with E-state index in [1.807, 2.05) is 3.58 Å². The van der Waals surface area contributed by atoms with E-state index in [1.165, 1.54) is 54.0 Å². The third-order valence-electron chi connectivity index (χ3n) is 6.00. The SMILES string of the molecule is CCC[CH2][Sn]([CH2]CCC)([CH2]CCC)[c]1cccc2c1sc1ccccc12. The fraction of sp³-hybridized carbons (Fsp3) is 0.500. The molecule has 26 heavy (non-hydrogen) atoms. The van der Waals surface area contributed by atoms with Crippen LogP contribution in [-0.2, 0) is 0 Å². The van der Waals surface area contributed by atoms with Gasteiger partial charge in [0.25, 0.3) is 0 Å². The molecule has 0 fully saturated rings. The van der Waals surface area contributed by atoms with Crippen molar-refractivity contribution >= 4 is 53.5 Å². The predicted octanol–water partition coefficient (Wildman–Crippen LogP) is 8.11. The molecule has 2 aromatic carbocycles. The fourth-order valence-corrected chi connectivity index (χ4v) is 23.8. The van der Waals surface area contributed by atoms with Crippen molar-refractivity contribution < 1.29 is 0 Å². The van der Waals surface area contributed by atoms with Crippen molar-refractivity contribution in [3.63, 3.8) is 0 Å². The fourth-order valence-electron chi connectivity index (χ4n) is 4.49. The normalized spacial score (nSPS) is 12.3. The van der Waals surface area contributed by atoms with Crippen LogP contribution in [0, 0.1) is 0 Å². The Morgan fingerprint density at radius 2 is 1.27 bits per heavy atom. The summed E-state index contributed by atoms with van der Waals surface area (Å²) < 4.78 is 9.63. The Bertz CT molecular complexity index is 811. The summed E-state index contributed by atoms with van der Waals surface area (Å²) in [4.78, 5) is 0. The van der Waals surface area contributed by atoms with E-state index in [4.69, 9.17) is 0 Å². The molecule has 1 heterocycles. The standard InChI is InChI=1S/C12H7S.3C4H9.Sn/c1-3-7-11-9(5-1)10-6-2-4-8-12(10)13-11;3*1-3-4-2;/h1-7H;3*1,3-4H2,2H3;. The molecule has 0 amide bonds. The Morgan fingerprint density at radius 3 is 1.88 bits per heavy atom. The minimum absolute atomic E-state index is 1.35. The molecule has 0 atom stereocenters. The molecule has 0 saturated carbocycles. The van der Waals surface area contributed by atoms with Crippen LogP contribution in [0.5, 0.6) is 0 Å². The summed E-state index contributed by atoms with van der Waals surface area (Å²) in [6.07, 6.45) is 8.35. The zero-order chi connectivity index (χ0) is 18.4. The first-order valence-corrected chi connectivity index (χ1v) is 19.0. The number of fused-ring (bicyclic) bond motifs is 3. The topological polar surface area (TPSA) is 0 Å². The van der Waals surface area contributed by atoms with Crippen molar-refractivity contribution in [3.8, 4) is 0 Å².